The van der Waals surface area contributed by atoms with Crippen LogP contribution in [0.3, 0.4) is 0 Å². The zero-order chi connectivity index (χ0) is 13.2. The maximum atomic E-state index is 11.9. The molecule has 0 aliphatic rings. The van der Waals surface area contributed by atoms with Crippen molar-refractivity contribution in [1.29, 1.82) is 0 Å². The number of carbonyl (C=O) groups is 1. The summed E-state index contributed by atoms with van der Waals surface area (Å²) in [6, 6.07) is 5.90. The minimum atomic E-state index is -0.451. The van der Waals surface area contributed by atoms with E-state index in [1.54, 1.807) is 18.9 Å². The van der Waals surface area contributed by atoms with Gasteiger partial charge in [-0.2, -0.15) is 0 Å². The summed E-state index contributed by atoms with van der Waals surface area (Å²) in [7, 11) is 1.80. The second-order valence-electron chi connectivity index (χ2n) is 4.77. The lowest BCUT2D eigenvalue weighted by molar-refractivity contribution is -0.132. The number of hydrogen-bond donors (Lipinski definition) is 1. The van der Waals surface area contributed by atoms with E-state index in [0.717, 1.165) is 0 Å². The zero-order valence-electron chi connectivity index (χ0n) is 11.7. The highest BCUT2D eigenvalue weighted by atomic mass is 35.5. The summed E-state index contributed by atoms with van der Waals surface area (Å²) in [6.45, 7) is 7.87. The maximum absolute atomic E-state index is 11.9. The smallest absolute Gasteiger partial charge is 0.239 e. The van der Waals surface area contributed by atoms with Crippen molar-refractivity contribution in [3.05, 3.63) is 34.9 Å². The number of nitrogens with zero attached hydrogens (tertiary/aromatic N) is 1. The van der Waals surface area contributed by atoms with Gasteiger partial charge in [-0.3, -0.25) is 4.79 Å². The Hall–Kier alpha value is -1.06. The molecule has 102 valence electrons. The molecule has 0 saturated heterocycles. The first-order chi connectivity index (χ1) is 7.84. The second-order valence-corrected chi connectivity index (χ2v) is 4.77. The third-order valence-electron chi connectivity index (χ3n) is 3.20. The third-order valence-corrected chi connectivity index (χ3v) is 3.20. The number of nitrogens with two attached hydrogens (primary N) is 1. The Kier molecular flexibility index (Phi) is 6.36. The number of amides is 1. The van der Waals surface area contributed by atoms with Crippen molar-refractivity contribution in [3.63, 3.8) is 0 Å². The molecule has 1 unspecified atom stereocenters. The topological polar surface area (TPSA) is 46.3 Å². The van der Waals surface area contributed by atoms with Gasteiger partial charge < -0.3 is 10.6 Å². The van der Waals surface area contributed by atoms with Gasteiger partial charge in [0.05, 0.1) is 12.1 Å². The van der Waals surface area contributed by atoms with Crippen LogP contribution in [0.4, 0.5) is 0 Å². The summed E-state index contributed by atoms with van der Waals surface area (Å²) in [6.07, 6.45) is 0. The predicted octanol–water partition coefficient (Wildman–Crippen LogP) is 2.59. The van der Waals surface area contributed by atoms with Crippen molar-refractivity contribution < 1.29 is 4.79 Å². The van der Waals surface area contributed by atoms with Gasteiger partial charge in [0, 0.05) is 7.05 Å². The van der Waals surface area contributed by atoms with E-state index in [0.29, 0.717) is 0 Å². The normalized spacial score (nSPS) is 13.4. The van der Waals surface area contributed by atoms with Gasteiger partial charge in [-0.05, 0) is 38.8 Å². The van der Waals surface area contributed by atoms with Crippen LogP contribution in [0.1, 0.15) is 36.6 Å². The summed E-state index contributed by atoms with van der Waals surface area (Å²) in [4.78, 5) is 13.6. The van der Waals surface area contributed by atoms with Gasteiger partial charge >= 0.3 is 0 Å². The number of hydrogen-bond acceptors (Lipinski definition) is 2. The molecule has 1 rings (SSSR count). The van der Waals surface area contributed by atoms with Gasteiger partial charge in [-0.1, -0.05) is 23.8 Å². The molecular weight excluding hydrogens is 248 g/mol. The minimum absolute atomic E-state index is 0. The molecule has 1 aromatic carbocycles. The quantitative estimate of drug-likeness (QED) is 0.918. The molecule has 4 heteroatoms. The lowest BCUT2D eigenvalue weighted by Crippen LogP contribution is -2.41. The van der Waals surface area contributed by atoms with Crippen LogP contribution in [0.2, 0.25) is 0 Å². The highest BCUT2D eigenvalue weighted by Gasteiger charge is 2.21. The molecule has 18 heavy (non-hydrogen) atoms. The molecule has 0 radical (unpaired) electrons. The van der Waals surface area contributed by atoms with E-state index in [4.69, 9.17) is 5.73 Å². The number of likely N-dealkylation sites (N-methyl/N-ethyl adjacent to an activating group) is 1. The molecule has 1 amide bonds. The standard InChI is InChI=1S/C14H22N2O.ClH/c1-9-6-7-10(2)13(8-9)12(4)16(5)14(17)11(3)15;/h6-8,11-12H,15H2,1-5H3;1H/t11-,12?;/m1./s1. The minimum Gasteiger partial charge on any atom is -0.338 e. The Balaban J connectivity index is 0.00000289. The van der Waals surface area contributed by atoms with Crippen LogP contribution in [0.5, 0.6) is 0 Å². The molecule has 0 aliphatic heterocycles. The maximum Gasteiger partial charge on any atom is 0.239 e. The molecule has 0 bridgehead atoms. The summed E-state index contributed by atoms with van der Waals surface area (Å²) >= 11 is 0. The predicted molar refractivity (Wildman–Crippen MR) is 78.0 cm³/mol. The fourth-order valence-electron chi connectivity index (χ4n) is 1.93. The molecule has 0 fully saturated rings. The van der Waals surface area contributed by atoms with Crippen LogP contribution < -0.4 is 5.73 Å². The van der Waals surface area contributed by atoms with E-state index in [1.807, 2.05) is 6.92 Å². The van der Waals surface area contributed by atoms with Crippen molar-refractivity contribution in [2.24, 2.45) is 5.73 Å². The monoisotopic (exact) mass is 270 g/mol. The number of aryl methyl sites for hydroxylation is 2. The Bertz CT molecular complexity index is 418. The third kappa shape index (κ3) is 3.72. The Morgan fingerprint density at radius 2 is 1.83 bits per heavy atom. The van der Waals surface area contributed by atoms with Crippen molar-refractivity contribution >= 4 is 18.3 Å². The molecule has 0 heterocycles. The zero-order valence-corrected chi connectivity index (χ0v) is 12.5. The second kappa shape index (κ2) is 6.76. The molecule has 0 spiro atoms. The largest absolute Gasteiger partial charge is 0.338 e. The molecule has 0 aliphatic carbocycles. The van der Waals surface area contributed by atoms with Gasteiger partial charge in [0.1, 0.15) is 0 Å². The fraction of sp³-hybridized carbons (Fsp3) is 0.500. The van der Waals surface area contributed by atoms with Crippen LogP contribution in [-0.4, -0.2) is 23.9 Å². The number of benzene rings is 1. The SMILES string of the molecule is Cc1ccc(C)c(C(C)N(C)C(=O)[C@@H](C)N)c1.Cl. The average Bonchev–Trinajstić information content (AvgIpc) is 2.29. The van der Waals surface area contributed by atoms with E-state index in [-0.39, 0.29) is 24.4 Å². The van der Waals surface area contributed by atoms with Crippen molar-refractivity contribution in [2.75, 3.05) is 7.05 Å². The van der Waals surface area contributed by atoms with Crippen molar-refractivity contribution in [1.82, 2.24) is 4.90 Å². The molecule has 3 nitrogen and oxygen atoms in total. The summed E-state index contributed by atoms with van der Waals surface area (Å²) in [5, 5.41) is 0. The lowest BCUT2D eigenvalue weighted by Gasteiger charge is -2.28. The van der Waals surface area contributed by atoms with E-state index in [9.17, 15) is 4.79 Å². The highest BCUT2D eigenvalue weighted by Crippen LogP contribution is 2.23. The van der Waals surface area contributed by atoms with Crippen LogP contribution >= 0.6 is 12.4 Å². The van der Waals surface area contributed by atoms with Crippen LogP contribution in [0, 0.1) is 13.8 Å². The van der Waals surface area contributed by atoms with Crippen LogP contribution in [-0.2, 0) is 4.79 Å². The first-order valence-electron chi connectivity index (χ1n) is 5.94. The first-order valence-corrected chi connectivity index (χ1v) is 5.94. The van der Waals surface area contributed by atoms with Gasteiger partial charge in [-0.15, -0.1) is 12.4 Å². The Morgan fingerprint density at radius 1 is 1.28 bits per heavy atom. The first kappa shape index (κ1) is 16.9. The Labute approximate surface area is 116 Å². The van der Waals surface area contributed by atoms with Crippen molar-refractivity contribution in [3.8, 4) is 0 Å². The van der Waals surface area contributed by atoms with Crippen LogP contribution in [0.15, 0.2) is 18.2 Å². The lowest BCUT2D eigenvalue weighted by atomic mass is 9.99. The highest BCUT2D eigenvalue weighted by molar-refractivity contribution is 5.85. The van der Waals surface area contributed by atoms with Gasteiger partial charge in [0.25, 0.3) is 0 Å². The molecule has 2 N–H and O–H groups in total. The van der Waals surface area contributed by atoms with E-state index < -0.39 is 6.04 Å². The summed E-state index contributed by atoms with van der Waals surface area (Å²) in [5.74, 6) is -0.0293. The Morgan fingerprint density at radius 3 is 2.33 bits per heavy atom. The number of rotatable bonds is 3. The molecule has 1 aromatic rings. The molecule has 2 atom stereocenters. The van der Waals surface area contributed by atoms with E-state index in [2.05, 4.69) is 32.0 Å². The molecule has 0 aromatic heterocycles. The fourth-order valence-corrected chi connectivity index (χ4v) is 1.93. The number of halogens is 1. The molecule has 0 saturated carbocycles. The summed E-state index contributed by atoms with van der Waals surface area (Å²) in [5.41, 5.74) is 9.22. The number of carbonyl (C=O) groups excluding carboxylic acids is 1. The van der Waals surface area contributed by atoms with Gasteiger partial charge in [0.15, 0.2) is 0 Å². The van der Waals surface area contributed by atoms with Gasteiger partial charge in [0.2, 0.25) is 5.91 Å². The molecular formula is C14H23ClN2O. The summed E-state index contributed by atoms with van der Waals surface area (Å²) < 4.78 is 0. The van der Waals surface area contributed by atoms with Gasteiger partial charge in [-0.25, -0.2) is 0 Å². The van der Waals surface area contributed by atoms with Crippen LogP contribution in [0.25, 0.3) is 0 Å². The van der Waals surface area contributed by atoms with E-state index >= 15 is 0 Å². The van der Waals surface area contributed by atoms with E-state index in [1.165, 1.54) is 16.7 Å². The van der Waals surface area contributed by atoms with Crippen molar-refractivity contribution in [2.45, 2.75) is 39.8 Å². The average molecular weight is 271 g/mol.